The lowest BCUT2D eigenvalue weighted by Crippen LogP contribution is -2.46. The summed E-state index contributed by atoms with van der Waals surface area (Å²) >= 11 is 0. The summed E-state index contributed by atoms with van der Waals surface area (Å²) in [7, 11) is 2.17. The Bertz CT molecular complexity index is 368. The van der Waals surface area contributed by atoms with E-state index in [1.165, 1.54) is 5.56 Å². The number of hydrogen-bond donors (Lipinski definition) is 1. The highest BCUT2D eigenvalue weighted by molar-refractivity contribution is 5.14. The Balaban J connectivity index is 1.80. The van der Waals surface area contributed by atoms with E-state index in [0.717, 1.165) is 26.1 Å². The van der Waals surface area contributed by atoms with Gasteiger partial charge in [0, 0.05) is 24.5 Å². The highest BCUT2D eigenvalue weighted by Crippen LogP contribution is 2.27. The first-order valence-corrected chi connectivity index (χ1v) is 6.66. The molecule has 0 aromatic heterocycles. The number of hydrogen-bond acceptors (Lipinski definition) is 3. The molecule has 2 atom stereocenters. The number of rotatable bonds is 5. The number of ether oxygens (including phenoxy) is 1. The maximum Gasteiger partial charge on any atom is 0.0624 e. The van der Waals surface area contributed by atoms with Crippen LogP contribution in [0.2, 0.25) is 0 Å². The van der Waals surface area contributed by atoms with Crippen LogP contribution in [-0.4, -0.2) is 44.3 Å². The van der Waals surface area contributed by atoms with Crippen LogP contribution in [0.15, 0.2) is 30.3 Å². The Labute approximate surface area is 110 Å². The van der Waals surface area contributed by atoms with E-state index < -0.39 is 0 Å². The average molecular weight is 248 g/mol. The van der Waals surface area contributed by atoms with Gasteiger partial charge in [0.2, 0.25) is 0 Å². The normalized spacial score (nSPS) is 27.9. The maximum absolute atomic E-state index is 6.12. The van der Waals surface area contributed by atoms with Gasteiger partial charge in [0.05, 0.1) is 13.2 Å². The summed E-state index contributed by atoms with van der Waals surface area (Å²) in [6.45, 7) is 5.77. The van der Waals surface area contributed by atoms with Crippen molar-refractivity contribution in [1.82, 2.24) is 4.90 Å². The van der Waals surface area contributed by atoms with Crippen molar-refractivity contribution in [3.8, 4) is 0 Å². The molecule has 0 amide bonds. The van der Waals surface area contributed by atoms with Crippen LogP contribution in [0.5, 0.6) is 0 Å². The number of likely N-dealkylation sites (N-methyl/N-ethyl adjacent to an activating group) is 1. The van der Waals surface area contributed by atoms with E-state index in [2.05, 4.69) is 49.2 Å². The van der Waals surface area contributed by atoms with Gasteiger partial charge in [-0.15, -0.1) is 0 Å². The third-order valence-corrected chi connectivity index (χ3v) is 3.88. The van der Waals surface area contributed by atoms with Crippen LogP contribution in [0.3, 0.4) is 0 Å². The molecule has 2 rings (SSSR count). The van der Waals surface area contributed by atoms with Crippen LogP contribution < -0.4 is 5.73 Å². The zero-order chi connectivity index (χ0) is 13.0. The first kappa shape index (κ1) is 13.5. The molecule has 1 aromatic carbocycles. The molecule has 1 fully saturated rings. The predicted octanol–water partition coefficient (Wildman–Crippen LogP) is 1.52. The van der Waals surface area contributed by atoms with Crippen molar-refractivity contribution in [3.63, 3.8) is 0 Å². The summed E-state index contributed by atoms with van der Waals surface area (Å²) in [4.78, 5) is 2.36. The molecule has 1 aromatic rings. The smallest absolute Gasteiger partial charge is 0.0624 e. The highest BCUT2D eigenvalue weighted by Gasteiger charge is 2.38. The summed E-state index contributed by atoms with van der Waals surface area (Å²) < 4.78 is 5.48. The molecule has 1 heterocycles. The van der Waals surface area contributed by atoms with Gasteiger partial charge in [-0.1, -0.05) is 37.3 Å². The average Bonchev–Trinajstić information content (AvgIpc) is 2.68. The standard InChI is InChI=1S/C15H24N2O/c1-15(12-18-10-14(15)16)11-17(2)9-8-13-6-4-3-5-7-13/h3-7,14H,8-12,16H2,1-2H3. The van der Waals surface area contributed by atoms with E-state index in [1.54, 1.807) is 0 Å². The third-order valence-electron chi connectivity index (χ3n) is 3.88. The lowest BCUT2D eigenvalue weighted by Gasteiger charge is -2.32. The van der Waals surface area contributed by atoms with E-state index in [0.29, 0.717) is 6.61 Å². The van der Waals surface area contributed by atoms with E-state index in [9.17, 15) is 0 Å². The first-order valence-electron chi connectivity index (χ1n) is 6.66. The van der Waals surface area contributed by atoms with E-state index in [4.69, 9.17) is 10.5 Å². The van der Waals surface area contributed by atoms with E-state index >= 15 is 0 Å². The Hall–Kier alpha value is -0.900. The fourth-order valence-electron chi connectivity index (χ4n) is 2.55. The largest absolute Gasteiger partial charge is 0.379 e. The molecule has 0 spiro atoms. The molecular formula is C15H24N2O. The topological polar surface area (TPSA) is 38.5 Å². The number of nitrogens with two attached hydrogens (primary N) is 1. The van der Waals surface area contributed by atoms with Crippen LogP contribution in [0.4, 0.5) is 0 Å². The number of nitrogens with zero attached hydrogens (tertiary/aromatic N) is 1. The molecule has 0 saturated carbocycles. The van der Waals surface area contributed by atoms with Crippen molar-refractivity contribution in [1.29, 1.82) is 0 Å². The fourth-order valence-corrected chi connectivity index (χ4v) is 2.55. The summed E-state index contributed by atoms with van der Waals surface area (Å²) in [5, 5.41) is 0. The molecule has 1 aliphatic heterocycles. The van der Waals surface area contributed by atoms with Crippen molar-refractivity contribution in [2.45, 2.75) is 19.4 Å². The summed E-state index contributed by atoms with van der Waals surface area (Å²) in [5.74, 6) is 0. The molecular weight excluding hydrogens is 224 g/mol. The second-order valence-electron chi connectivity index (χ2n) is 5.75. The van der Waals surface area contributed by atoms with Crippen molar-refractivity contribution < 1.29 is 4.74 Å². The van der Waals surface area contributed by atoms with Gasteiger partial charge in [0.1, 0.15) is 0 Å². The zero-order valence-electron chi connectivity index (χ0n) is 11.4. The Morgan fingerprint density at radius 1 is 1.39 bits per heavy atom. The van der Waals surface area contributed by atoms with Gasteiger partial charge in [0.15, 0.2) is 0 Å². The molecule has 1 aliphatic rings. The van der Waals surface area contributed by atoms with Crippen LogP contribution in [-0.2, 0) is 11.2 Å². The van der Waals surface area contributed by atoms with Crippen molar-refractivity contribution >= 4 is 0 Å². The minimum absolute atomic E-state index is 0.103. The molecule has 0 aliphatic carbocycles. The predicted molar refractivity (Wildman–Crippen MR) is 74.5 cm³/mol. The van der Waals surface area contributed by atoms with Gasteiger partial charge in [-0.3, -0.25) is 0 Å². The third kappa shape index (κ3) is 3.31. The lowest BCUT2D eigenvalue weighted by atomic mass is 9.85. The van der Waals surface area contributed by atoms with Gasteiger partial charge in [-0.05, 0) is 19.0 Å². The quantitative estimate of drug-likeness (QED) is 0.858. The minimum atomic E-state index is 0.103. The molecule has 1 saturated heterocycles. The zero-order valence-corrected chi connectivity index (χ0v) is 11.4. The van der Waals surface area contributed by atoms with E-state index in [-0.39, 0.29) is 11.5 Å². The fraction of sp³-hybridized carbons (Fsp3) is 0.600. The van der Waals surface area contributed by atoms with E-state index in [1.807, 2.05) is 0 Å². The molecule has 0 radical (unpaired) electrons. The van der Waals surface area contributed by atoms with Crippen molar-refractivity contribution in [2.75, 3.05) is 33.4 Å². The minimum Gasteiger partial charge on any atom is -0.379 e. The molecule has 0 bridgehead atoms. The summed E-state index contributed by atoms with van der Waals surface area (Å²) in [5.41, 5.74) is 7.61. The molecule has 2 unspecified atom stereocenters. The second-order valence-corrected chi connectivity index (χ2v) is 5.75. The second kappa shape index (κ2) is 5.83. The van der Waals surface area contributed by atoms with Crippen molar-refractivity contribution in [3.05, 3.63) is 35.9 Å². The Morgan fingerprint density at radius 3 is 2.72 bits per heavy atom. The van der Waals surface area contributed by atoms with Crippen LogP contribution in [0.1, 0.15) is 12.5 Å². The molecule has 3 heteroatoms. The lowest BCUT2D eigenvalue weighted by molar-refractivity contribution is 0.131. The van der Waals surface area contributed by atoms with Crippen LogP contribution in [0, 0.1) is 5.41 Å². The molecule has 3 nitrogen and oxygen atoms in total. The molecule has 100 valence electrons. The van der Waals surface area contributed by atoms with Gasteiger partial charge in [0.25, 0.3) is 0 Å². The maximum atomic E-state index is 6.12. The monoisotopic (exact) mass is 248 g/mol. The van der Waals surface area contributed by atoms with Gasteiger partial charge in [-0.25, -0.2) is 0 Å². The Kier molecular flexibility index (Phi) is 4.38. The van der Waals surface area contributed by atoms with Crippen molar-refractivity contribution in [2.24, 2.45) is 11.1 Å². The number of benzene rings is 1. The van der Waals surface area contributed by atoms with Gasteiger partial charge in [-0.2, -0.15) is 0 Å². The Morgan fingerprint density at radius 2 is 2.11 bits per heavy atom. The summed E-state index contributed by atoms with van der Waals surface area (Å²) in [6.07, 6.45) is 1.09. The van der Waals surface area contributed by atoms with Gasteiger partial charge >= 0.3 is 0 Å². The van der Waals surface area contributed by atoms with Crippen LogP contribution in [0.25, 0.3) is 0 Å². The molecule has 18 heavy (non-hydrogen) atoms. The van der Waals surface area contributed by atoms with Gasteiger partial charge < -0.3 is 15.4 Å². The highest BCUT2D eigenvalue weighted by atomic mass is 16.5. The first-order chi connectivity index (χ1) is 8.60. The van der Waals surface area contributed by atoms with Crippen LogP contribution >= 0.6 is 0 Å². The SMILES string of the molecule is CN(CCc1ccccc1)CC1(C)COCC1N. The molecule has 2 N–H and O–H groups in total. The summed E-state index contributed by atoms with van der Waals surface area (Å²) in [6, 6.07) is 10.8.